The molecule has 2 aromatic heterocycles. The van der Waals surface area contributed by atoms with Gasteiger partial charge in [0.2, 0.25) is 5.88 Å². The molecule has 4 rings (SSSR count). The molecule has 0 unspecified atom stereocenters. The van der Waals surface area contributed by atoms with E-state index in [2.05, 4.69) is 15.5 Å². The number of nitrogens with one attached hydrogen (secondary N) is 1. The predicted octanol–water partition coefficient (Wildman–Crippen LogP) is 4.67. The van der Waals surface area contributed by atoms with E-state index in [9.17, 15) is 25.0 Å². The van der Waals surface area contributed by atoms with E-state index in [0.29, 0.717) is 21.6 Å². The molecule has 2 heterocycles. The normalized spacial score (nSPS) is 10.9. The Bertz CT molecular complexity index is 1380. The number of pyridine rings is 1. The van der Waals surface area contributed by atoms with Crippen molar-refractivity contribution in [3.8, 4) is 11.6 Å². The van der Waals surface area contributed by atoms with E-state index in [1.165, 1.54) is 41.8 Å². The minimum atomic E-state index is -0.545. The number of benzene rings is 2. The fourth-order valence-electron chi connectivity index (χ4n) is 2.76. The molecule has 1 amide bonds. The lowest BCUT2D eigenvalue weighted by atomic mass is 10.2. The molecule has 0 aliphatic heterocycles. The van der Waals surface area contributed by atoms with Gasteiger partial charge in [0.25, 0.3) is 17.3 Å². The predicted molar refractivity (Wildman–Crippen MR) is 121 cm³/mol. The van der Waals surface area contributed by atoms with E-state index in [1.807, 2.05) is 0 Å². The van der Waals surface area contributed by atoms with Gasteiger partial charge in [-0.1, -0.05) is 0 Å². The van der Waals surface area contributed by atoms with E-state index in [-0.39, 0.29) is 17.3 Å². The number of carbonyl (C=O) groups excluding carboxylic acids is 1. The highest BCUT2D eigenvalue weighted by atomic mass is 32.1. The van der Waals surface area contributed by atoms with Crippen LogP contribution in [0.3, 0.4) is 0 Å². The smallest absolute Gasteiger partial charge is 0.287 e. The molecule has 0 radical (unpaired) electrons. The van der Waals surface area contributed by atoms with Gasteiger partial charge in [-0.05, 0) is 42.0 Å². The fourth-order valence-corrected chi connectivity index (χ4v) is 3.69. The van der Waals surface area contributed by atoms with Crippen molar-refractivity contribution >= 4 is 44.9 Å². The van der Waals surface area contributed by atoms with Crippen LogP contribution in [-0.4, -0.2) is 27.0 Å². The molecule has 33 heavy (non-hydrogen) atoms. The number of rotatable bonds is 7. The van der Waals surface area contributed by atoms with Gasteiger partial charge < -0.3 is 4.74 Å². The minimum Gasteiger partial charge on any atom is -0.439 e. The second-order valence-electron chi connectivity index (χ2n) is 6.57. The second kappa shape index (κ2) is 9.20. The molecule has 0 saturated heterocycles. The topological polar surface area (TPSA) is 150 Å². The van der Waals surface area contributed by atoms with E-state index in [0.717, 1.165) is 10.9 Å². The third-order valence-electron chi connectivity index (χ3n) is 4.35. The summed E-state index contributed by atoms with van der Waals surface area (Å²) in [6, 6.07) is 15.4. The Labute approximate surface area is 189 Å². The van der Waals surface area contributed by atoms with Crippen LogP contribution in [0.25, 0.3) is 10.1 Å². The van der Waals surface area contributed by atoms with Crippen LogP contribution in [0.15, 0.2) is 72.0 Å². The molecular formula is C21H13N5O6S. The molecule has 0 aliphatic carbocycles. The van der Waals surface area contributed by atoms with Gasteiger partial charge in [0.1, 0.15) is 11.9 Å². The molecule has 1 N–H and O–H groups in total. The molecule has 11 nitrogen and oxygen atoms in total. The zero-order valence-corrected chi connectivity index (χ0v) is 17.4. The average molecular weight is 463 g/mol. The fraction of sp³-hybridized carbons (Fsp3) is 0. The standard InChI is InChI=1S/C21H13N5O6S/c27-21(19-10-14-9-15(25(28)29)3-7-18(14)33-19)24-23-11-13-1-5-17(6-2-13)32-20-8-4-16(12-22-20)26(30)31/h1-12H,(H,24,27). The first-order valence-electron chi connectivity index (χ1n) is 9.29. The highest BCUT2D eigenvalue weighted by Crippen LogP contribution is 2.29. The van der Waals surface area contributed by atoms with Gasteiger partial charge in [-0.25, -0.2) is 10.4 Å². The Morgan fingerprint density at radius 3 is 2.39 bits per heavy atom. The molecular weight excluding hydrogens is 450 g/mol. The number of hydrogen-bond acceptors (Lipinski definition) is 9. The Hall–Kier alpha value is -4.71. The minimum absolute atomic E-state index is 0.0398. The maximum absolute atomic E-state index is 12.3. The maximum Gasteiger partial charge on any atom is 0.287 e. The molecule has 0 spiro atoms. The zero-order valence-electron chi connectivity index (χ0n) is 16.6. The van der Waals surface area contributed by atoms with Crippen molar-refractivity contribution in [1.82, 2.24) is 10.4 Å². The van der Waals surface area contributed by atoms with Crippen LogP contribution in [0, 0.1) is 20.2 Å². The van der Waals surface area contributed by atoms with Crippen LogP contribution in [0.5, 0.6) is 11.6 Å². The maximum atomic E-state index is 12.3. The second-order valence-corrected chi connectivity index (χ2v) is 7.66. The third-order valence-corrected chi connectivity index (χ3v) is 5.46. The first-order chi connectivity index (χ1) is 15.9. The average Bonchev–Trinajstić information content (AvgIpc) is 3.24. The summed E-state index contributed by atoms with van der Waals surface area (Å²) >= 11 is 1.21. The summed E-state index contributed by atoms with van der Waals surface area (Å²) in [6.07, 6.45) is 2.56. The van der Waals surface area contributed by atoms with Crippen LogP contribution >= 0.6 is 11.3 Å². The highest BCUT2D eigenvalue weighted by Gasteiger charge is 2.13. The van der Waals surface area contributed by atoms with Crippen LogP contribution in [0.4, 0.5) is 11.4 Å². The van der Waals surface area contributed by atoms with Crippen molar-refractivity contribution in [3.63, 3.8) is 0 Å². The number of hydrazone groups is 1. The van der Waals surface area contributed by atoms with Crippen molar-refractivity contribution in [2.24, 2.45) is 5.10 Å². The van der Waals surface area contributed by atoms with Gasteiger partial charge in [0, 0.05) is 34.4 Å². The monoisotopic (exact) mass is 463 g/mol. The van der Waals surface area contributed by atoms with Crippen LogP contribution in [0.1, 0.15) is 15.2 Å². The number of non-ortho nitro benzene ring substituents is 1. The Morgan fingerprint density at radius 2 is 1.73 bits per heavy atom. The molecule has 164 valence electrons. The molecule has 2 aromatic carbocycles. The first-order valence-corrected chi connectivity index (χ1v) is 10.1. The van der Waals surface area contributed by atoms with Crippen molar-refractivity contribution in [1.29, 1.82) is 0 Å². The number of carbonyl (C=O) groups is 1. The number of aromatic nitrogens is 1. The molecule has 0 atom stereocenters. The highest BCUT2D eigenvalue weighted by molar-refractivity contribution is 7.20. The quantitative estimate of drug-likeness (QED) is 0.238. The Morgan fingerprint density at radius 1 is 1.00 bits per heavy atom. The third kappa shape index (κ3) is 5.14. The summed E-state index contributed by atoms with van der Waals surface area (Å²) in [5.41, 5.74) is 2.94. The Kier molecular flexibility index (Phi) is 6.00. The first kappa shape index (κ1) is 21.5. The van der Waals surface area contributed by atoms with E-state index < -0.39 is 15.8 Å². The SMILES string of the molecule is O=C(NN=Cc1ccc(Oc2ccc([N+](=O)[O-])cn2)cc1)c1cc2cc([N+](=O)[O-])ccc2s1. The van der Waals surface area contributed by atoms with Crippen molar-refractivity contribution in [2.75, 3.05) is 0 Å². The van der Waals surface area contributed by atoms with Crippen molar-refractivity contribution in [2.45, 2.75) is 0 Å². The number of ether oxygens (including phenoxy) is 1. The van der Waals surface area contributed by atoms with Gasteiger partial charge in [-0.3, -0.25) is 25.0 Å². The largest absolute Gasteiger partial charge is 0.439 e. The number of hydrogen-bond donors (Lipinski definition) is 1. The van der Waals surface area contributed by atoms with Crippen molar-refractivity contribution in [3.05, 3.63) is 97.5 Å². The molecule has 0 bridgehead atoms. The number of nitrogens with zero attached hydrogens (tertiary/aromatic N) is 4. The Balaban J connectivity index is 1.36. The van der Waals surface area contributed by atoms with E-state index in [4.69, 9.17) is 4.74 Å². The van der Waals surface area contributed by atoms with Crippen LogP contribution in [-0.2, 0) is 0 Å². The summed E-state index contributed by atoms with van der Waals surface area (Å²) < 4.78 is 6.29. The van der Waals surface area contributed by atoms with E-state index >= 15 is 0 Å². The summed E-state index contributed by atoms with van der Waals surface area (Å²) in [6.45, 7) is 0. The number of amides is 1. The lowest BCUT2D eigenvalue weighted by molar-refractivity contribution is -0.385. The van der Waals surface area contributed by atoms with Gasteiger partial charge in [0.15, 0.2) is 0 Å². The summed E-state index contributed by atoms with van der Waals surface area (Å²) in [7, 11) is 0. The van der Waals surface area contributed by atoms with Gasteiger partial charge in [-0.15, -0.1) is 11.3 Å². The summed E-state index contributed by atoms with van der Waals surface area (Å²) in [4.78, 5) is 37.1. The molecule has 4 aromatic rings. The molecule has 0 saturated carbocycles. The molecule has 0 aliphatic rings. The zero-order chi connectivity index (χ0) is 23.4. The summed E-state index contributed by atoms with van der Waals surface area (Å²) in [5, 5.41) is 26.1. The van der Waals surface area contributed by atoms with Crippen LogP contribution < -0.4 is 10.2 Å². The number of thiophene rings is 1. The van der Waals surface area contributed by atoms with Gasteiger partial charge in [-0.2, -0.15) is 5.10 Å². The molecule has 0 fully saturated rings. The number of nitro groups is 2. The van der Waals surface area contributed by atoms with E-state index in [1.54, 1.807) is 36.4 Å². The van der Waals surface area contributed by atoms with Crippen molar-refractivity contribution < 1.29 is 19.4 Å². The van der Waals surface area contributed by atoms with Gasteiger partial charge >= 0.3 is 0 Å². The number of nitro benzene ring substituents is 1. The lowest BCUT2D eigenvalue weighted by Crippen LogP contribution is -2.16. The van der Waals surface area contributed by atoms with Crippen LogP contribution in [0.2, 0.25) is 0 Å². The van der Waals surface area contributed by atoms with Gasteiger partial charge in [0.05, 0.1) is 20.9 Å². The molecule has 12 heteroatoms. The number of fused-ring (bicyclic) bond motifs is 1. The lowest BCUT2D eigenvalue weighted by Gasteiger charge is -2.04. The summed E-state index contributed by atoms with van der Waals surface area (Å²) in [5.74, 6) is 0.249.